The molecule has 0 bridgehead atoms. The normalized spacial score (nSPS) is 10.9. The van der Waals surface area contributed by atoms with Gasteiger partial charge in [-0.15, -0.1) is 0 Å². The summed E-state index contributed by atoms with van der Waals surface area (Å²) in [5.74, 6) is 0.864. The van der Waals surface area contributed by atoms with Crippen molar-refractivity contribution in [2.24, 2.45) is 0 Å². The van der Waals surface area contributed by atoms with Crippen molar-refractivity contribution in [2.75, 3.05) is 0 Å². The maximum absolute atomic E-state index is 13.1. The lowest BCUT2D eigenvalue weighted by Gasteiger charge is -2.08. The van der Waals surface area contributed by atoms with Crippen LogP contribution in [0.15, 0.2) is 61.1 Å². The highest BCUT2D eigenvalue weighted by Crippen LogP contribution is 2.29. The number of aryl methyl sites for hydroxylation is 1. The summed E-state index contributed by atoms with van der Waals surface area (Å²) in [5.41, 5.74) is 2.32. The molecule has 2 aromatic heterocycles. The minimum atomic E-state index is -0.298. The van der Waals surface area contributed by atoms with Crippen LogP contribution in [0.1, 0.15) is 5.56 Å². The van der Waals surface area contributed by atoms with E-state index in [9.17, 15) is 4.39 Å². The third-order valence-corrected chi connectivity index (χ3v) is 3.70. The van der Waals surface area contributed by atoms with Gasteiger partial charge in [-0.3, -0.25) is 0 Å². The lowest BCUT2D eigenvalue weighted by atomic mass is 10.2. The predicted molar refractivity (Wildman–Crippen MR) is 87.9 cm³/mol. The second kappa shape index (κ2) is 5.73. The highest BCUT2D eigenvalue weighted by Gasteiger charge is 2.13. The summed E-state index contributed by atoms with van der Waals surface area (Å²) in [4.78, 5) is 8.50. The maximum Gasteiger partial charge on any atom is 0.233 e. The van der Waals surface area contributed by atoms with Crippen LogP contribution in [0.25, 0.3) is 16.7 Å². The number of para-hydroxylation sites is 1. The number of fused-ring (bicyclic) bond motifs is 1. The molecule has 2 heterocycles. The van der Waals surface area contributed by atoms with E-state index in [2.05, 4.69) is 15.1 Å². The van der Waals surface area contributed by atoms with Gasteiger partial charge >= 0.3 is 0 Å². The molecule has 0 spiro atoms. The van der Waals surface area contributed by atoms with Crippen LogP contribution in [0.4, 0.5) is 4.39 Å². The Labute approximate surface area is 137 Å². The second-order valence-electron chi connectivity index (χ2n) is 5.32. The lowest BCUT2D eigenvalue weighted by molar-refractivity contribution is 0.464. The third-order valence-electron chi connectivity index (χ3n) is 3.70. The summed E-state index contributed by atoms with van der Waals surface area (Å²) < 4.78 is 20.7. The predicted octanol–water partition coefficient (Wildman–Crippen LogP) is 4.06. The Hall–Kier alpha value is -3.28. The van der Waals surface area contributed by atoms with E-state index in [4.69, 9.17) is 4.74 Å². The van der Waals surface area contributed by atoms with Gasteiger partial charge in [-0.25, -0.2) is 19.0 Å². The van der Waals surface area contributed by atoms with Crippen LogP contribution < -0.4 is 4.74 Å². The van der Waals surface area contributed by atoms with E-state index >= 15 is 0 Å². The molecule has 0 amide bonds. The van der Waals surface area contributed by atoms with E-state index in [1.807, 2.05) is 31.2 Å². The van der Waals surface area contributed by atoms with E-state index in [1.54, 1.807) is 23.0 Å². The van der Waals surface area contributed by atoms with Crippen LogP contribution >= 0.6 is 0 Å². The zero-order chi connectivity index (χ0) is 16.5. The number of nitrogens with zero attached hydrogens (tertiary/aromatic N) is 4. The first kappa shape index (κ1) is 14.3. The summed E-state index contributed by atoms with van der Waals surface area (Å²) >= 11 is 0. The Morgan fingerprint density at radius 1 is 1.00 bits per heavy atom. The highest BCUT2D eigenvalue weighted by atomic mass is 19.1. The summed E-state index contributed by atoms with van der Waals surface area (Å²) in [6.45, 7) is 1.97. The molecular formula is C18H13FN4O. The first-order chi connectivity index (χ1) is 11.7. The van der Waals surface area contributed by atoms with Gasteiger partial charge in [-0.05, 0) is 42.8 Å². The molecule has 118 valence electrons. The topological polar surface area (TPSA) is 52.8 Å². The molecule has 2 aromatic carbocycles. The molecule has 4 rings (SSSR count). The first-order valence-electron chi connectivity index (χ1n) is 7.40. The maximum atomic E-state index is 13.1. The highest BCUT2D eigenvalue weighted by molar-refractivity contribution is 5.81. The van der Waals surface area contributed by atoms with Gasteiger partial charge in [0.05, 0.1) is 11.9 Å². The van der Waals surface area contributed by atoms with E-state index < -0.39 is 0 Å². The zero-order valence-corrected chi connectivity index (χ0v) is 12.8. The van der Waals surface area contributed by atoms with Gasteiger partial charge in [0, 0.05) is 0 Å². The van der Waals surface area contributed by atoms with Gasteiger partial charge in [0.2, 0.25) is 5.88 Å². The van der Waals surface area contributed by atoms with Crippen molar-refractivity contribution in [1.82, 2.24) is 19.7 Å². The van der Waals surface area contributed by atoms with Crippen molar-refractivity contribution in [3.05, 3.63) is 72.4 Å². The number of hydrogen-bond acceptors (Lipinski definition) is 4. The van der Waals surface area contributed by atoms with E-state index in [1.165, 1.54) is 18.5 Å². The fraction of sp³-hybridized carbons (Fsp3) is 0.0556. The molecule has 0 fully saturated rings. The van der Waals surface area contributed by atoms with E-state index in [-0.39, 0.29) is 5.82 Å². The Morgan fingerprint density at radius 2 is 1.79 bits per heavy atom. The number of rotatable bonds is 3. The van der Waals surface area contributed by atoms with Crippen molar-refractivity contribution < 1.29 is 9.13 Å². The molecule has 6 heteroatoms. The standard InChI is InChI=1S/C18H13FN4O/c1-12-4-2-3-5-16(12)24-18-15-10-22-23(17(15)20-11-21-18)14-8-6-13(19)7-9-14/h2-11H,1H3. The quantitative estimate of drug-likeness (QED) is 0.571. The number of benzene rings is 2. The van der Waals surface area contributed by atoms with Crippen LogP contribution in [-0.2, 0) is 0 Å². The number of halogens is 1. The SMILES string of the molecule is Cc1ccccc1Oc1ncnc2c1cnn2-c1ccc(F)cc1. The van der Waals surface area contributed by atoms with Gasteiger partial charge in [0.15, 0.2) is 5.65 Å². The molecule has 0 aliphatic carbocycles. The van der Waals surface area contributed by atoms with Gasteiger partial charge in [-0.2, -0.15) is 5.10 Å². The molecule has 24 heavy (non-hydrogen) atoms. The van der Waals surface area contributed by atoms with Gasteiger partial charge in [0.25, 0.3) is 0 Å². The third kappa shape index (κ3) is 2.48. The summed E-state index contributed by atoms with van der Waals surface area (Å²) in [7, 11) is 0. The largest absolute Gasteiger partial charge is 0.438 e. The minimum Gasteiger partial charge on any atom is -0.438 e. The molecule has 5 nitrogen and oxygen atoms in total. The van der Waals surface area contributed by atoms with Crippen LogP contribution in [0.3, 0.4) is 0 Å². The lowest BCUT2D eigenvalue weighted by Crippen LogP contribution is -1.98. The number of ether oxygens (including phenoxy) is 1. The summed E-state index contributed by atoms with van der Waals surface area (Å²) in [5, 5.41) is 5.02. The van der Waals surface area contributed by atoms with Gasteiger partial charge in [-0.1, -0.05) is 18.2 Å². The molecule has 0 aliphatic heterocycles. The minimum absolute atomic E-state index is 0.298. The Balaban J connectivity index is 1.79. The number of hydrogen-bond donors (Lipinski definition) is 0. The fourth-order valence-electron chi connectivity index (χ4n) is 2.45. The van der Waals surface area contributed by atoms with Crippen LogP contribution in [0.2, 0.25) is 0 Å². The molecule has 0 saturated carbocycles. The summed E-state index contributed by atoms with van der Waals surface area (Å²) in [6.07, 6.45) is 3.07. The van der Waals surface area contributed by atoms with Crippen molar-refractivity contribution >= 4 is 11.0 Å². The van der Waals surface area contributed by atoms with Gasteiger partial charge < -0.3 is 4.74 Å². The Morgan fingerprint density at radius 3 is 2.58 bits per heavy atom. The smallest absolute Gasteiger partial charge is 0.233 e. The average Bonchev–Trinajstić information content (AvgIpc) is 3.03. The fourth-order valence-corrected chi connectivity index (χ4v) is 2.45. The molecular weight excluding hydrogens is 307 g/mol. The van der Waals surface area contributed by atoms with Crippen LogP contribution in [0.5, 0.6) is 11.6 Å². The Kier molecular flexibility index (Phi) is 3.42. The zero-order valence-electron chi connectivity index (χ0n) is 12.8. The monoisotopic (exact) mass is 320 g/mol. The molecule has 4 aromatic rings. The number of aromatic nitrogens is 4. The van der Waals surface area contributed by atoms with Crippen molar-refractivity contribution in [3.63, 3.8) is 0 Å². The van der Waals surface area contributed by atoms with Crippen molar-refractivity contribution in [3.8, 4) is 17.3 Å². The van der Waals surface area contributed by atoms with Crippen molar-refractivity contribution in [1.29, 1.82) is 0 Å². The van der Waals surface area contributed by atoms with Gasteiger partial charge in [0.1, 0.15) is 23.3 Å². The summed E-state index contributed by atoms with van der Waals surface area (Å²) in [6, 6.07) is 13.8. The van der Waals surface area contributed by atoms with E-state index in [0.29, 0.717) is 22.6 Å². The molecule has 0 saturated heterocycles. The molecule has 0 N–H and O–H groups in total. The molecule has 0 radical (unpaired) electrons. The molecule has 0 unspecified atom stereocenters. The Bertz CT molecular complexity index is 1010. The van der Waals surface area contributed by atoms with E-state index in [0.717, 1.165) is 11.3 Å². The van der Waals surface area contributed by atoms with Crippen molar-refractivity contribution in [2.45, 2.75) is 6.92 Å². The average molecular weight is 320 g/mol. The second-order valence-corrected chi connectivity index (χ2v) is 5.32. The van der Waals surface area contributed by atoms with Crippen LogP contribution in [-0.4, -0.2) is 19.7 Å². The molecule has 0 atom stereocenters. The first-order valence-corrected chi connectivity index (χ1v) is 7.40. The van der Waals surface area contributed by atoms with Crippen LogP contribution in [0, 0.1) is 12.7 Å². The molecule has 0 aliphatic rings.